The zero-order valence-electron chi connectivity index (χ0n) is 39.0. The number of rotatable bonds is 45. The first-order valence-electron chi connectivity index (χ1n) is 24.7. The standard InChI is InChI=1S/C50H95NO7/c1-6-8-10-12-14-16-18-20-21-22-23-24-25-26-27-29-31-33-35-37-39-41-49(53)58-46(44-56-43-42-47(50(54)55)51(3,4)5)45-57-48(52)40-38-36-34-32-30-28-19-17-15-13-11-9-7-2/h24-25,46-47H,6-23,26-45H2,1-5H3/p+1/b25-24+. The SMILES string of the molecule is CCCCCCCCCCCC/C=C/CCCCCCCCCC(=O)OC(COCCC(C(=O)O)[N+](C)(C)C)COC(=O)CCCCCCCCCCCCCCC. The Labute approximate surface area is 359 Å². The maximum atomic E-state index is 12.8. The lowest BCUT2D eigenvalue weighted by atomic mass is 10.0. The number of allylic oxidation sites excluding steroid dienone is 2. The fourth-order valence-electron chi connectivity index (χ4n) is 7.56. The zero-order chi connectivity index (χ0) is 42.8. The van der Waals surface area contributed by atoms with Crippen molar-refractivity contribution in [1.82, 2.24) is 0 Å². The van der Waals surface area contributed by atoms with Crippen LogP contribution in [0.2, 0.25) is 0 Å². The smallest absolute Gasteiger partial charge is 0.362 e. The number of hydrogen-bond acceptors (Lipinski definition) is 6. The molecule has 0 saturated heterocycles. The monoisotopic (exact) mass is 823 g/mol. The number of carbonyl (C=O) groups excluding carboxylic acids is 2. The van der Waals surface area contributed by atoms with Crippen molar-refractivity contribution in [1.29, 1.82) is 0 Å². The molecule has 0 radical (unpaired) electrons. The molecule has 2 atom stereocenters. The van der Waals surface area contributed by atoms with E-state index in [9.17, 15) is 19.5 Å². The molecule has 0 aliphatic heterocycles. The number of quaternary nitrogens is 1. The minimum atomic E-state index is -0.872. The van der Waals surface area contributed by atoms with Gasteiger partial charge < -0.3 is 23.8 Å². The number of hydrogen-bond donors (Lipinski definition) is 1. The van der Waals surface area contributed by atoms with Gasteiger partial charge >= 0.3 is 17.9 Å². The predicted molar refractivity (Wildman–Crippen MR) is 243 cm³/mol. The zero-order valence-corrected chi connectivity index (χ0v) is 39.0. The van der Waals surface area contributed by atoms with Crippen molar-refractivity contribution < 1.29 is 38.2 Å². The molecule has 0 bridgehead atoms. The molecule has 0 aromatic heterocycles. The van der Waals surface area contributed by atoms with Gasteiger partial charge in [0.1, 0.15) is 6.61 Å². The van der Waals surface area contributed by atoms with Crippen molar-refractivity contribution in [2.45, 2.75) is 251 Å². The molecule has 0 aliphatic rings. The van der Waals surface area contributed by atoms with Crippen LogP contribution < -0.4 is 0 Å². The van der Waals surface area contributed by atoms with Gasteiger partial charge in [-0.2, -0.15) is 0 Å². The van der Waals surface area contributed by atoms with Gasteiger partial charge in [-0.15, -0.1) is 0 Å². The molecule has 0 fully saturated rings. The van der Waals surface area contributed by atoms with Gasteiger partial charge in [-0.3, -0.25) is 9.59 Å². The summed E-state index contributed by atoms with van der Waals surface area (Å²) >= 11 is 0. The number of ether oxygens (including phenoxy) is 3. The van der Waals surface area contributed by atoms with E-state index in [2.05, 4.69) is 26.0 Å². The summed E-state index contributed by atoms with van der Waals surface area (Å²) in [5.41, 5.74) is 0. The molecule has 0 amide bonds. The highest BCUT2D eigenvalue weighted by molar-refractivity contribution is 5.72. The van der Waals surface area contributed by atoms with Crippen molar-refractivity contribution in [2.24, 2.45) is 0 Å². The molecule has 0 aromatic rings. The quantitative estimate of drug-likeness (QED) is 0.0283. The topological polar surface area (TPSA) is 99.1 Å². The van der Waals surface area contributed by atoms with Gasteiger partial charge in [-0.05, 0) is 38.5 Å². The molecule has 8 nitrogen and oxygen atoms in total. The van der Waals surface area contributed by atoms with E-state index in [0.29, 0.717) is 19.3 Å². The number of aliphatic carboxylic acids is 1. The van der Waals surface area contributed by atoms with Crippen LogP contribution in [0.4, 0.5) is 0 Å². The van der Waals surface area contributed by atoms with Crippen molar-refractivity contribution in [3.8, 4) is 0 Å². The van der Waals surface area contributed by atoms with Gasteiger partial charge in [0.15, 0.2) is 12.1 Å². The summed E-state index contributed by atoms with van der Waals surface area (Å²) in [5.74, 6) is -1.45. The van der Waals surface area contributed by atoms with Crippen LogP contribution in [0, 0.1) is 0 Å². The van der Waals surface area contributed by atoms with Crippen LogP contribution in [-0.4, -0.2) is 80.6 Å². The van der Waals surface area contributed by atoms with Crippen LogP contribution in [0.5, 0.6) is 0 Å². The Kier molecular flexibility index (Phi) is 40.4. The molecule has 1 N–H and O–H groups in total. The Balaban J connectivity index is 4.22. The third kappa shape index (κ3) is 39.5. The first kappa shape index (κ1) is 56.1. The second-order valence-corrected chi connectivity index (χ2v) is 18.1. The number of carbonyl (C=O) groups is 3. The van der Waals surface area contributed by atoms with Crippen LogP contribution in [0.1, 0.15) is 239 Å². The highest BCUT2D eigenvalue weighted by Crippen LogP contribution is 2.16. The number of likely N-dealkylation sites (N-methyl/N-ethyl adjacent to an activating group) is 1. The number of carboxylic acid groups (broad SMARTS) is 1. The van der Waals surface area contributed by atoms with E-state index < -0.39 is 18.1 Å². The van der Waals surface area contributed by atoms with Gasteiger partial charge in [-0.25, -0.2) is 4.79 Å². The van der Waals surface area contributed by atoms with Crippen LogP contribution in [0.25, 0.3) is 0 Å². The molecule has 342 valence electrons. The van der Waals surface area contributed by atoms with E-state index >= 15 is 0 Å². The summed E-state index contributed by atoms with van der Waals surface area (Å²) in [5, 5.41) is 9.63. The van der Waals surface area contributed by atoms with Gasteiger partial charge in [-0.1, -0.05) is 193 Å². The van der Waals surface area contributed by atoms with Crippen LogP contribution in [-0.2, 0) is 28.6 Å². The molecule has 0 aliphatic carbocycles. The molecular formula is C50H96NO7+. The maximum absolute atomic E-state index is 12.8. The largest absolute Gasteiger partial charge is 0.477 e. The normalized spacial score (nSPS) is 12.9. The summed E-state index contributed by atoms with van der Waals surface area (Å²) in [6.45, 7) is 4.77. The van der Waals surface area contributed by atoms with Crippen molar-refractivity contribution in [3.05, 3.63) is 12.2 Å². The first-order valence-corrected chi connectivity index (χ1v) is 24.7. The number of nitrogens with zero attached hydrogens (tertiary/aromatic N) is 1. The van der Waals surface area contributed by atoms with Crippen LogP contribution >= 0.6 is 0 Å². The number of carboxylic acids is 1. The third-order valence-corrected chi connectivity index (χ3v) is 11.4. The first-order chi connectivity index (χ1) is 28.1. The molecule has 58 heavy (non-hydrogen) atoms. The second-order valence-electron chi connectivity index (χ2n) is 18.1. The lowest BCUT2D eigenvalue weighted by Crippen LogP contribution is -2.50. The molecule has 0 rings (SSSR count). The highest BCUT2D eigenvalue weighted by atomic mass is 16.6. The molecular weight excluding hydrogens is 727 g/mol. The predicted octanol–water partition coefficient (Wildman–Crippen LogP) is 13.9. The Morgan fingerprint density at radius 1 is 0.500 bits per heavy atom. The molecule has 8 heteroatoms. The van der Waals surface area contributed by atoms with E-state index in [1.165, 1.54) is 167 Å². The summed E-state index contributed by atoms with van der Waals surface area (Å²) in [7, 11) is 5.54. The summed E-state index contributed by atoms with van der Waals surface area (Å²) in [6.07, 6.45) is 45.4. The maximum Gasteiger partial charge on any atom is 0.362 e. The Hall–Kier alpha value is -1.93. The summed E-state index contributed by atoms with van der Waals surface area (Å²) in [4.78, 5) is 37.1. The molecule has 0 spiro atoms. The third-order valence-electron chi connectivity index (χ3n) is 11.4. The lowest BCUT2D eigenvalue weighted by Gasteiger charge is -2.31. The highest BCUT2D eigenvalue weighted by Gasteiger charge is 2.31. The van der Waals surface area contributed by atoms with Gasteiger partial charge in [0.05, 0.1) is 34.4 Å². The van der Waals surface area contributed by atoms with E-state index in [-0.39, 0.29) is 36.2 Å². The van der Waals surface area contributed by atoms with Crippen LogP contribution in [0.3, 0.4) is 0 Å². The van der Waals surface area contributed by atoms with Crippen molar-refractivity contribution in [2.75, 3.05) is 41.0 Å². The van der Waals surface area contributed by atoms with Gasteiger partial charge in [0.2, 0.25) is 0 Å². The molecule has 0 heterocycles. The average Bonchev–Trinajstić information content (AvgIpc) is 3.18. The Morgan fingerprint density at radius 2 is 0.862 bits per heavy atom. The van der Waals surface area contributed by atoms with E-state index in [0.717, 1.165) is 38.5 Å². The average molecular weight is 823 g/mol. The Bertz CT molecular complexity index is 962. The summed E-state index contributed by atoms with van der Waals surface area (Å²) < 4.78 is 17.3. The summed E-state index contributed by atoms with van der Waals surface area (Å²) in [6, 6.07) is -0.611. The lowest BCUT2D eigenvalue weighted by molar-refractivity contribution is -0.887. The van der Waals surface area contributed by atoms with Crippen molar-refractivity contribution >= 4 is 17.9 Å². The van der Waals surface area contributed by atoms with E-state index in [1.54, 1.807) is 0 Å². The number of esters is 2. The molecule has 0 saturated carbocycles. The number of unbranched alkanes of at least 4 members (excludes halogenated alkanes) is 29. The van der Waals surface area contributed by atoms with Crippen molar-refractivity contribution in [3.63, 3.8) is 0 Å². The fourth-order valence-corrected chi connectivity index (χ4v) is 7.56. The fraction of sp³-hybridized carbons (Fsp3) is 0.900. The molecule has 2 unspecified atom stereocenters. The minimum absolute atomic E-state index is 0.0464. The van der Waals surface area contributed by atoms with Crippen LogP contribution in [0.15, 0.2) is 12.2 Å². The Morgan fingerprint density at radius 3 is 1.24 bits per heavy atom. The second kappa shape index (κ2) is 41.8. The molecule has 0 aromatic carbocycles. The minimum Gasteiger partial charge on any atom is -0.477 e. The van der Waals surface area contributed by atoms with Gasteiger partial charge in [0.25, 0.3) is 0 Å². The van der Waals surface area contributed by atoms with E-state index in [4.69, 9.17) is 14.2 Å². The van der Waals surface area contributed by atoms with E-state index in [1.807, 2.05) is 21.1 Å². The van der Waals surface area contributed by atoms with Gasteiger partial charge in [0, 0.05) is 19.3 Å².